The molecule has 0 spiro atoms. The molecule has 1 saturated carbocycles. The Morgan fingerprint density at radius 1 is 1.47 bits per heavy atom. The zero-order chi connectivity index (χ0) is 11.1. The maximum atomic E-state index is 11.2. The summed E-state index contributed by atoms with van der Waals surface area (Å²) in [6, 6.07) is 5.09. The van der Waals surface area contributed by atoms with Gasteiger partial charge in [0.25, 0.3) is 0 Å². The molecular weight excluding hydrogens is 214 g/mol. The number of carbonyl (C=O) groups is 1. The van der Waals surface area contributed by atoms with E-state index in [-0.39, 0.29) is 0 Å². The SMILES string of the molecule is Nc1cc(C2(C(=O)O)CCC2)ccc1Cl. The molecule has 15 heavy (non-hydrogen) atoms. The van der Waals surface area contributed by atoms with Crippen molar-refractivity contribution in [3.63, 3.8) is 0 Å². The van der Waals surface area contributed by atoms with Gasteiger partial charge >= 0.3 is 5.97 Å². The van der Waals surface area contributed by atoms with Crippen molar-refractivity contribution in [3.05, 3.63) is 28.8 Å². The van der Waals surface area contributed by atoms with Crippen molar-refractivity contribution in [1.29, 1.82) is 0 Å². The summed E-state index contributed by atoms with van der Waals surface area (Å²) in [5.74, 6) is -0.768. The molecule has 1 aromatic carbocycles. The quantitative estimate of drug-likeness (QED) is 0.760. The first-order valence-corrected chi connectivity index (χ1v) is 5.23. The van der Waals surface area contributed by atoms with E-state index in [1.165, 1.54) is 0 Å². The monoisotopic (exact) mass is 225 g/mol. The Labute approximate surface area is 92.8 Å². The minimum absolute atomic E-state index is 0.446. The van der Waals surface area contributed by atoms with Crippen molar-refractivity contribution in [2.45, 2.75) is 24.7 Å². The van der Waals surface area contributed by atoms with Crippen molar-refractivity contribution in [1.82, 2.24) is 0 Å². The van der Waals surface area contributed by atoms with Crippen LogP contribution in [0.15, 0.2) is 18.2 Å². The van der Waals surface area contributed by atoms with E-state index in [9.17, 15) is 9.90 Å². The van der Waals surface area contributed by atoms with Gasteiger partial charge in [0.05, 0.1) is 16.1 Å². The molecule has 0 radical (unpaired) electrons. The lowest BCUT2D eigenvalue weighted by Gasteiger charge is -2.38. The average Bonchev–Trinajstić information content (AvgIpc) is 2.08. The fourth-order valence-corrected chi connectivity index (χ4v) is 2.12. The van der Waals surface area contributed by atoms with E-state index in [4.69, 9.17) is 17.3 Å². The number of nitrogen functional groups attached to an aromatic ring is 1. The second-order valence-electron chi connectivity index (χ2n) is 3.98. The molecule has 0 aromatic heterocycles. The van der Waals surface area contributed by atoms with Gasteiger partial charge in [-0.2, -0.15) is 0 Å². The minimum Gasteiger partial charge on any atom is -0.481 e. The Hall–Kier alpha value is -1.22. The van der Waals surface area contributed by atoms with Gasteiger partial charge in [0, 0.05) is 0 Å². The van der Waals surface area contributed by atoms with Crippen molar-refractivity contribution in [2.24, 2.45) is 0 Å². The fraction of sp³-hybridized carbons (Fsp3) is 0.364. The molecule has 1 aliphatic rings. The molecule has 0 bridgehead atoms. The number of aliphatic carboxylic acids is 1. The van der Waals surface area contributed by atoms with Gasteiger partial charge in [0.2, 0.25) is 0 Å². The van der Waals surface area contributed by atoms with Crippen LogP contribution in [0.2, 0.25) is 5.02 Å². The minimum atomic E-state index is -0.768. The van der Waals surface area contributed by atoms with E-state index in [2.05, 4.69) is 0 Å². The molecule has 0 atom stereocenters. The number of hydrogen-bond donors (Lipinski definition) is 2. The molecular formula is C11H12ClNO2. The third-order valence-corrected chi connectivity index (χ3v) is 3.51. The van der Waals surface area contributed by atoms with Gasteiger partial charge in [-0.15, -0.1) is 0 Å². The first kappa shape index (κ1) is 10.3. The summed E-state index contributed by atoms with van der Waals surface area (Å²) in [7, 11) is 0. The number of anilines is 1. The van der Waals surface area contributed by atoms with Crippen LogP contribution in [0.3, 0.4) is 0 Å². The molecule has 1 aromatic rings. The first-order chi connectivity index (χ1) is 7.06. The van der Waals surface area contributed by atoms with Crippen LogP contribution in [0.1, 0.15) is 24.8 Å². The Morgan fingerprint density at radius 2 is 2.13 bits per heavy atom. The van der Waals surface area contributed by atoms with Crippen molar-refractivity contribution >= 4 is 23.3 Å². The van der Waals surface area contributed by atoms with Gasteiger partial charge in [0.1, 0.15) is 0 Å². The number of benzene rings is 1. The molecule has 3 nitrogen and oxygen atoms in total. The molecule has 0 aliphatic heterocycles. The van der Waals surface area contributed by atoms with E-state index in [0.29, 0.717) is 23.6 Å². The third-order valence-electron chi connectivity index (χ3n) is 3.17. The second kappa shape index (κ2) is 3.42. The highest BCUT2D eigenvalue weighted by Gasteiger charge is 2.45. The number of halogens is 1. The van der Waals surface area contributed by atoms with Crippen LogP contribution in [0.4, 0.5) is 5.69 Å². The molecule has 80 valence electrons. The molecule has 2 rings (SSSR count). The van der Waals surface area contributed by atoms with Crippen LogP contribution in [0, 0.1) is 0 Å². The van der Waals surface area contributed by atoms with Gasteiger partial charge in [-0.25, -0.2) is 0 Å². The standard InChI is InChI=1S/C11H12ClNO2/c12-8-3-2-7(6-9(8)13)11(10(14)15)4-1-5-11/h2-3,6H,1,4-5,13H2,(H,14,15). The molecule has 0 saturated heterocycles. The molecule has 1 aliphatic carbocycles. The van der Waals surface area contributed by atoms with E-state index >= 15 is 0 Å². The smallest absolute Gasteiger partial charge is 0.314 e. The van der Waals surface area contributed by atoms with Crippen LogP contribution < -0.4 is 5.73 Å². The topological polar surface area (TPSA) is 63.3 Å². The summed E-state index contributed by atoms with van der Waals surface area (Å²) in [5.41, 5.74) is 6.16. The Kier molecular flexibility index (Phi) is 2.35. The highest BCUT2D eigenvalue weighted by atomic mass is 35.5. The highest BCUT2D eigenvalue weighted by molar-refractivity contribution is 6.33. The van der Waals surface area contributed by atoms with Crippen molar-refractivity contribution < 1.29 is 9.90 Å². The highest BCUT2D eigenvalue weighted by Crippen LogP contribution is 2.44. The lowest BCUT2D eigenvalue weighted by molar-refractivity contribution is -0.147. The van der Waals surface area contributed by atoms with Gasteiger partial charge in [-0.05, 0) is 30.5 Å². The van der Waals surface area contributed by atoms with Crippen LogP contribution in [0.5, 0.6) is 0 Å². The van der Waals surface area contributed by atoms with Crippen LogP contribution in [0.25, 0.3) is 0 Å². The van der Waals surface area contributed by atoms with E-state index in [1.54, 1.807) is 18.2 Å². The number of rotatable bonds is 2. The van der Waals surface area contributed by atoms with Crippen molar-refractivity contribution in [2.75, 3.05) is 5.73 Å². The summed E-state index contributed by atoms with van der Waals surface area (Å²) >= 11 is 5.80. The van der Waals surface area contributed by atoms with E-state index in [1.807, 2.05) is 0 Å². The summed E-state index contributed by atoms with van der Waals surface area (Å²) in [6.07, 6.45) is 2.32. The third kappa shape index (κ3) is 1.47. The Balaban J connectivity index is 2.44. The first-order valence-electron chi connectivity index (χ1n) is 4.85. The largest absolute Gasteiger partial charge is 0.481 e. The summed E-state index contributed by atoms with van der Waals surface area (Å²) in [5, 5.41) is 9.69. The van der Waals surface area contributed by atoms with Gasteiger partial charge in [0.15, 0.2) is 0 Å². The zero-order valence-corrected chi connectivity index (χ0v) is 8.92. The van der Waals surface area contributed by atoms with Crippen LogP contribution >= 0.6 is 11.6 Å². The predicted octanol–water partition coefficient (Wildman–Crippen LogP) is 2.43. The number of carboxylic acids is 1. The molecule has 0 amide bonds. The van der Waals surface area contributed by atoms with Gasteiger partial charge < -0.3 is 10.8 Å². The maximum absolute atomic E-state index is 11.2. The van der Waals surface area contributed by atoms with Gasteiger partial charge in [-0.3, -0.25) is 4.79 Å². The Morgan fingerprint density at radius 3 is 2.53 bits per heavy atom. The zero-order valence-electron chi connectivity index (χ0n) is 8.16. The summed E-state index contributed by atoms with van der Waals surface area (Å²) in [4.78, 5) is 11.2. The van der Waals surface area contributed by atoms with E-state index in [0.717, 1.165) is 12.0 Å². The Bertz CT molecular complexity index is 413. The van der Waals surface area contributed by atoms with Crippen LogP contribution in [-0.2, 0) is 10.2 Å². The normalized spacial score (nSPS) is 18.2. The van der Waals surface area contributed by atoms with Crippen LogP contribution in [-0.4, -0.2) is 11.1 Å². The predicted molar refractivity (Wildman–Crippen MR) is 59.0 cm³/mol. The summed E-state index contributed by atoms with van der Waals surface area (Å²) < 4.78 is 0. The average molecular weight is 226 g/mol. The van der Waals surface area contributed by atoms with Gasteiger partial charge in [-0.1, -0.05) is 24.1 Å². The molecule has 4 heteroatoms. The maximum Gasteiger partial charge on any atom is 0.314 e. The molecule has 0 unspecified atom stereocenters. The number of nitrogens with two attached hydrogens (primary N) is 1. The summed E-state index contributed by atoms with van der Waals surface area (Å²) in [6.45, 7) is 0. The second-order valence-corrected chi connectivity index (χ2v) is 4.38. The molecule has 3 N–H and O–H groups in total. The number of carboxylic acid groups (broad SMARTS) is 1. The lowest BCUT2D eigenvalue weighted by Crippen LogP contribution is -2.42. The number of hydrogen-bond acceptors (Lipinski definition) is 2. The van der Waals surface area contributed by atoms with E-state index < -0.39 is 11.4 Å². The lowest BCUT2D eigenvalue weighted by atomic mass is 9.64. The fourth-order valence-electron chi connectivity index (χ4n) is 2.00. The molecule has 1 fully saturated rings. The molecule has 0 heterocycles. The van der Waals surface area contributed by atoms with Crippen molar-refractivity contribution in [3.8, 4) is 0 Å².